The zero-order chi connectivity index (χ0) is 12.8. The minimum absolute atomic E-state index is 0. The molecule has 0 aromatic rings. The van der Waals surface area contributed by atoms with Crippen LogP contribution in [0.3, 0.4) is 0 Å². The van der Waals surface area contributed by atoms with Gasteiger partial charge in [-0.05, 0) is 26.8 Å². The molecule has 0 atom stereocenters. The van der Waals surface area contributed by atoms with E-state index in [2.05, 4.69) is 23.8 Å². The van der Waals surface area contributed by atoms with Crippen molar-refractivity contribution in [1.82, 2.24) is 4.90 Å². The largest absolute Gasteiger partial charge is 0.365 e. The van der Waals surface area contributed by atoms with Gasteiger partial charge in [0.05, 0.1) is 6.10 Å². The summed E-state index contributed by atoms with van der Waals surface area (Å²) in [7, 11) is 2.15. The molecule has 0 bridgehead atoms. The van der Waals surface area contributed by atoms with Crippen molar-refractivity contribution < 1.29 is 37.4 Å². The van der Waals surface area contributed by atoms with E-state index in [1.165, 1.54) is 0 Å². The molecule has 1 fully saturated rings. The quantitative estimate of drug-likeness (QED) is 0.566. The average molecular weight is 331 g/mol. The molecule has 0 N–H and O–H groups in total. The molecule has 0 spiro atoms. The molecule has 0 amide bonds. The first kappa shape index (κ1) is 27.0. The van der Waals surface area contributed by atoms with Crippen molar-refractivity contribution in [2.24, 2.45) is 0 Å². The van der Waals surface area contributed by atoms with E-state index in [9.17, 15) is 0 Å². The van der Waals surface area contributed by atoms with Crippen molar-refractivity contribution in [3.05, 3.63) is 7.43 Å². The Morgan fingerprint density at radius 2 is 1.56 bits per heavy atom. The van der Waals surface area contributed by atoms with E-state index in [0.717, 1.165) is 25.9 Å². The molecule has 1 heterocycles. The summed E-state index contributed by atoms with van der Waals surface area (Å²) in [4.78, 5) is 2.34. The summed E-state index contributed by atoms with van der Waals surface area (Å²) in [6.07, 6.45) is 2.76. The Balaban J connectivity index is -0.000000149. The van der Waals surface area contributed by atoms with Crippen LogP contribution in [0, 0.1) is 19.3 Å². The van der Waals surface area contributed by atoms with Crippen LogP contribution in [0.2, 0.25) is 0 Å². The first-order valence-corrected chi connectivity index (χ1v) is 6.52. The van der Waals surface area contributed by atoms with Gasteiger partial charge in [-0.1, -0.05) is 33.6 Å². The minimum Gasteiger partial charge on any atom is -0.365 e. The fourth-order valence-corrected chi connectivity index (χ4v) is 1.38. The molecule has 1 aliphatic rings. The van der Waals surface area contributed by atoms with Crippen LogP contribution in [0.15, 0.2) is 0 Å². The molecule has 0 aliphatic carbocycles. The number of hydrogen-bond acceptors (Lipinski definition) is 2. The topological polar surface area (TPSA) is 12.5 Å². The predicted octanol–water partition coefficient (Wildman–Crippen LogP) is 3.62. The third kappa shape index (κ3) is 16.6. The molecule has 1 radical (unpaired) electrons. The van der Waals surface area contributed by atoms with Crippen LogP contribution in [-0.2, 0) is 37.4 Å². The van der Waals surface area contributed by atoms with E-state index < -0.39 is 0 Å². The summed E-state index contributed by atoms with van der Waals surface area (Å²) >= 11 is 0. The normalized spacial score (nSPS) is 14.1. The van der Waals surface area contributed by atoms with E-state index in [1.54, 1.807) is 0 Å². The Labute approximate surface area is 141 Å². The van der Waals surface area contributed by atoms with Crippen molar-refractivity contribution in [3.8, 4) is 11.8 Å². The van der Waals surface area contributed by atoms with Gasteiger partial charge >= 0.3 is 0 Å². The maximum absolute atomic E-state index is 5.57. The van der Waals surface area contributed by atoms with Crippen LogP contribution in [-0.4, -0.2) is 37.7 Å². The Morgan fingerprint density at radius 1 is 1.11 bits per heavy atom. The Hall–Kier alpha value is 0.584. The fourth-order valence-electron chi connectivity index (χ4n) is 1.38. The first-order valence-electron chi connectivity index (χ1n) is 6.52. The number of hydrogen-bond donors (Lipinski definition) is 0. The second-order valence-corrected chi connectivity index (χ2v) is 3.24. The molecule has 2 nitrogen and oxygen atoms in total. The van der Waals surface area contributed by atoms with Gasteiger partial charge in [-0.3, -0.25) is 0 Å². The molecule has 0 aromatic heterocycles. The van der Waals surface area contributed by atoms with E-state index in [-0.39, 0.29) is 40.1 Å². The maximum atomic E-state index is 5.57. The van der Waals surface area contributed by atoms with Crippen molar-refractivity contribution in [2.75, 3.05) is 26.7 Å². The van der Waals surface area contributed by atoms with Crippen molar-refractivity contribution in [3.63, 3.8) is 0 Å². The van der Waals surface area contributed by atoms with Crippen molar-refractivity contribution >= 4 is 0 Å². The van der Waals surface area contributed by atoms with E-state index in [1.807, 2.05) is 34.6 Å². The van der Waals surface area contributed by atoms with Crippen LogP contribution in [0.5, 0.6) is 0 Å². The number of likely N-dealkylation sites (tertiary alicyclic amines) is 1. The minimum atomic E-state index is 0. The van der Waals surface area contributed by atoms with Crippen LogP contribution >= 0.6 is 0 Å². The Morgan fingerprint density at radius 3 is 1.94 bits per heavy atom. The van der Waals surface area contributed by atoms with Crippen LogP contribution in [0.1, 0.15) is 47.5 Å². The Kier molecular flexibility index (Phi) is 34.1. The van der Waals surface area contributed by atoms with Gasteiger partial charge in [0.25, 0.3) is 0 Å². The van der Waals surface area contributed by atoms with Gasteiger partial charge in [0, 0.05) is 45.8 Å². The van der Waals surface area contributed by atoms with Gasteiger partial charge in [-0.25, -0.2) is 0 Å². The zero-order valence-electron chi connectivity index (χ0n) is 13.5. The summed E-state index contributed by atoms with van der Waals surface area (Å²) in [6, 6.07) is 0. The van der Waals surface area contributed by atoms with Crippen LogP contribution < -0.4 is 0 Å². The van der Waals surface area contributed by atoms with Gasteiger partial charge < -0.3 is 17.1 Å². The van der Waals surface area contributed by atoms with Crippen LogP contribution in [0.25, 0.3) is 0 Å². The zero-order valence-corrected chi connectivity index (χ0v) is 16.4. The molecular formula is C15H32NOY-. The van der Waals surface area contributed by atoms with Gasteiger partial charge in [-0.2, -0.15) is 0 Å². The molecule has 107 valence electrons. The number of ether oxygens (including phenoxy) is 1. The third-order valence-corrected chi connectivity index (χ3v) is 2.23. The molecule has 0 aromatic carbocycles. The molecule has 18 heavy (non-hydrogen) atoms. The van der Waals surface area contributed by atoms with Gasteiger partial charge in [0.2, 0.25) is 0 Å². The summed E-state index contributed by atoms with van der Waals surface area (Å²) in [5, 5.41) is 0. The van der Waals surface area contributed by atoms with Crippen molar-refractivity contribution in [2.45, 2.75) is 53.6 Å². The summed E-state index contributed by atoms with van der Waals surface area (Å²) in [5.41, 5.74) is 0. The molecule has 1 aliphatic heterocycles. The second kappa shape index (κ2) is 22.7. The molecule has 1 saturated heterocycles. The summed E-state index contributed by atoms with van der Waals surface area (Å²) in [6.45, 7) is 12.8. The van der Waals surface area contributed by atoms with Gasteiger partial charge in [0.15, 0.2) is 0 Å². The summed E-state index contributed by atoms with van der Waals surface area (Å²) in [5.74, 6) is 5.75. The van der Waals surface area contributed by atoms with Gasteiger partial charge in [-0.15, -0.1) is 5.92 Å². The van der Waals surface area contributed by atoms with E-state index in [0.29, 0.717) is 12.7 Å². The monoisotopic (exact) mass is 331 g/mol. The molecule has 0 unspecified atom stereocenters. The third-order valence-electron chi connectivity index (χ3n) is 2.23. The molecule has 0 saturated carbocycles. The van der Waals surface area contributed by atoms with E-state index in [4.69, 9.17) is 4.74 Å². The van der Waals surface area contributed by atoms with Crippen LogP contribution in [0.4, 0.5) is 0 Å². The second-order valence-electron chi connectivity index (χ2n) is 3.24. The molecule has 1 rings (SSSR count). The summed E-state index contributed by atoms with van der Waals surface area (Å²) < 4.78 is 5.57. The standard InChI is InChI=1S/C10H17NO.2C2H6.CH3.Y/c1-3-4-9-12-10-5-7-11(2)8-6-10;2*1-2;;/h10H,5-9H2,1-2H3;2*1-2H3;1H3;/q;;;-1;. The molecule has 3 heteroatoms. The number of rotatable bonds is 2. The predicted molar refractivity (Wildman–Crippen MR) is 79.0 cm³/mol. The Bertz CT molecular complexity index is 179. The van der Waals surface area contributed by atoms with Crippen molar-refractivity contribution in [1.29, 1.82) is 0 Å². The molecular weight excluding hydrogens is 299 g/mol. The van der Waals surface area contributed by atoms with Gasteiger partial charge in [0.1, 0.15) is 6.61 Å². The SMILES string of the molecule is CC.CC.CC#CCOC1CCN(C)CC1.[CH3-].[Y]. The fraction of sp³-hybridized carbons (Fsp3) is 0.800. The smallest absolute Gasteiger partial charge is 0.108 e. The first-order chi connectivity index (χ1) is 7.83. The maximum Gasteiger partial charge on any atom is 0.108 e. The number of piperidine rings is 1. The average Bonchev–Trinajstić information content (AvgIpc) is 2.37. The number of nitrogens with zero attached hydrogens (tertiary/aromatic N) is 1. The van der Waals surface area contributed by atoms with E-state index >= 15 is 0 Å².